The van der Waals surface area contributed by atoms with E-state index in [-0.39, 0.29) is 37.8 Å². The van der Waals surface area contributed by atoms with Crippen molar-refractivity contribution >= 4 is 11.9 Å². The van der Waals surface area contributed by atoms with Gasteiger partial charge < -0.3 is 68.5 Å². The molecule has 0 amide bonds. The summed E-state index contributed by atoms with van der Waals surface area (Å²) in [4.78, 5) is 28.9. The predicted molar refractivity (Wildman–Crippen MR) is 243 cm³/mol. The van der Waals surface area contributed by atoms with Gasteiger partial charge in [-0.15, -0.1) is 0 Å². The number of cyclic esters (lactones) is 1. The van der Waals surface area contributed by atoms with Gasteiger partial charge in [-0.1, -0.05) is 51.1 Å². The highest BCUT2D eigenvalue weighted by Crippen LogP contribution is 2.45. The smallest absolute Gasteiger partial charge is 0.311 e. The number of nitrogens with zero attached hydrogens (tertiary/aromatic N) is 1. The molecule has 5 N–H and O–H groups in total. The minimum absolute atomic E-state index is 0.109. The van der Waals surface area contributed by atoms with Crippen molar-refractivity contribution in [3.8, 4) is 0 Å². The second-order valence-electron chi connectivity index (χ2n) is 20.3. The summed E-state index contributed by atoms with van der Waals surface area (Å²) in [6.07, 6.45) is -8.37. The van der Waals surface area contributed by atoms with Crippen LogP contribution in [0.25, 0.3) is 0 Å². The quantitative estimate of drug-likeness (QED) is 0.130. The van der Waals surface area contributed by atoms with E-state index >= 15 is 0 Å². The van der Waals surface area contributed by atoms with Crippen molar-refractivity contribution in [2.24, 2.45) is 23.7 Å². The average Bonchev–Trinajstić information content (AvgIpc) is 3.24. The monoisotopic (exact) mass is 925 g/mol. The van der Waals surface area contributed by atoms with Crippen LogP contribution >= 0.6 is 0 Å². The van der Waals surface area contributed by atoms with Gasteiger partial charge in [0.25, 0.3) is 0 Å². The van der Waals surface area contributed by atoms with Crippen LogP contribution in [0.4, 0.5) is 0 Å². The molecule has 3 fully saturated rings. The van der Waals surface area contributed by atoms with Gasteiger partial charge in [0.1, 0.15) is 23.4 Å². The Kier molecular flexibility index (Phi) is 19.4. The number of rotatable bonds is 14. The van der Waals surface area contributed by atoms with Gasteiger partial charge in [-0.05, 0) is 106 Å². The van der Waals surface area contributed by atoms with Gasteiger partial charge in [-0.3, -0.25) is 9.59 Å². The molecule has 3 heterocycles. The molecule has 0 aliphatic carbocycles. The van der Waals surface area contributed by atoms with Gasteiger partial charge in [0.05, 0.1) is 47.6 Å². The van der Waals surface area contributed by atoms with E-state index in [9.17, 15) is 30.0 Å². The number of likely N-dealkylation sites (N-methyl/N-ethyl adjacent to an activating group) is 1. The lowest BCUT2D eigenvalue weighted by molar-refractivity contribution is -0.321. The van der Waals surface area contributed by atoms with E-state index in [4.69, 9.17) is 37.9 Å². The van der Waals surface area contributed by atoms with Gasteiger partial charge in [0.2, 0.25) is 0 Å². The number of nitrogens with one attached hydrogen (secondary N) is 1. The number of methoxy groups -OCH3 is 2. The molecule has 16 nitrogen and oxygen atoms in total. The summed E-state index contributed by atoms with van der Waals surface area (Å²) in [6, 6.07) is 9.54. The van der Waals surface area contributed by atoms with Gasteiger partial charge in [-0.25, -0.2) is 0 Å². The third-order valence-electron chi connectivity index (χ3n) is 14.9. The summed E-state index contributed by atoms with van der Waals surface area (Å²) < 4.78 is 51.1. The molecule has 3 unspecified atom stereocenters. The summed E-state index contributed by atoms with van der Waals surface area (Å²) in [6.45, 7) is 19.8. The molecule has 3 saturated heterocycles. The van der Waals surface area contributed by atoms with Crippen molar-refractivity contribution in [2.75, 3.05) is 34.9 Å². The molecule has 19 atom stereocenters. The fourth-order valence-electron chi connectivity index (χ4n) is 11.0. The molecule has 374 valence electrons. The van der Waals surface area contributed by atoms with Crippen LogP contribution in [0.5, 0.6) is 0 Å². The summed E-state index contributed by atoms with van der Waals surface area (Å²) in [5, 5.41) is 52.9. The Balaban J connectivity index is 1.86. The molecule has 0 aromatic heterocycles. The van der Waals surface area contributed by atoms with Crippen molar-refractivity contribution in [1.29, 1.82) is 0 Å². The van der Waals surface area contributed by atoms with Crippen LogP contribution in [-0.4, -0.2) is 162 Å². The molecule has 0 saturated carbocycles. The molecule has 3 aliphatic rings. The Morgan fingerprint density at radius 2 is 1.51 bits per heavy atom. The number of carbonyl (C=O) groups is 2. The van der Waals surface area contributed by atoms with Crippen LogP contribution in [0.15, 0.2) is 30.3 Å². The molecule has 1 aromatic carbocycles. The summed E-state index contributed by atoms with van der Waals surface area (Å²) in [5.74, 6) is -4.67. The van der Waals surface area contributed by atoms with Crippen molar-refractivity contribution in [1.82, 2.24) is 10.2 Å². The Bertz CT molecular complexity index is 1650. The molecule has 0 bridgehead atoms. The molecule has 4 rings (SSSR count). The number of ether oxygens (including phenoxy) is 8. The Hall–Kier alpha value is -2.32. The topological polar surface area (TPSA) is 204 Å². The van der Waals surface area contributed by atoms with E-state index in [0.29, 0.717) is 19.5 Å². The molecule has 0 radical (unpaired) electrons. The minimum Gasteiger partial charge on any atom is -0.459 e. The fourth-order valence-corrected chi connectivity index (χ4v) is 11.0. The fraction of sp³-hybridized carbons (Fsp3) is 0.837. The van der Waals surface area contributed by atoms with E-state index in [1.165, 1.54) is 28.1 Å². The van der Waals surface area contributed by atoms with E-state index in [1.54, 1.807) is 27.7 Å². The van der Waals surface area contributed by atoms with Gasteiger partial charge >= 0.3 is 11.9 Å². The van der Waals surface area contributed by atoms with E-state index < -0.39 is 113 Å². The molecule has 0 spiro atoms. The Morgan fingerprint density at radius 1 is 0.892 bits per heavy atom. The highest BCUT2D eigenvalue weighted by Gasteiger charge is 2.57. The van der Waals surface area contributed by atoms with Crippen molar-refractivity contribution in [2.45, 2.75) is 205 Å². The number of benzene rings is 1. The van der Waals surface area contributed by atoms with E-state index in [1.807, 2.05) is 83.9 Å². The second kappa shape index (κ2) is 22.9. The van der Waals surface area contributed by atoms with E-state index in [2.05, 4.69) is 5.32 Å². The number of hydrogen-bond donors (Lipinski definition) is 5. The first kappa shape index (κ1) is 55.3. The van der Waals surface area contributed by atoms with Crippen LogP contribution in [-0.2, 0) is 54.0 Å². The van der Waals surface area contributed by atoms with Crippen LogP contribution < -0.4 is 5.32 Å². The first-order valence-electron chi connectivity index (χ1n) is 23.6. The van der Waals surface area contributed by atoms with Crippen LogP contribution in [0.2, 0.25) is 0 Å². The summed E-state index contributed by atoms with van der Waals surface area (Å²) in [7, 11) is 6.83. The summed E-state index contributed by atoms with van der Waals surface area (Å²) in [5.41, 5.74) is -5.04. The largest absolute Gasteiger partial charge is 0.459 e. The molecular weight excluding hydrogens is 841 g/mol. The Labute approximate surface area is 388 Å². The standard InChI is InChI=1S/C49H84N2O14/c1-16-37-48(10,56)36(22-23-50-27-34-20-18-17-19-21-34)49(11,57)41(54)28(2)25-46(8,58-14)42(65-45-39(53)35(51(12)13)24-29(3)60-45)30(4)40(31(5)44(55)63-37)64-38-26-47(9,59-15)43(32(6)61-38)62-33(7)52/h17-21,28-32,35-43,45,50,53-54,56-57H,16,22-27H2,1-15H3/t28-,29-,30-,31-,32+,35+,36-,37-,38?,39-,40+,41?,42-,43+,45+,46-,47-,48+,49?/m1/s1. The normalized spacial score (nSPS) is 43.7. The molecular formula is C49H84N2O14. The molecule has 16 heteroatoms. The maximum atomic E-state index is 14.8. The zero-order valence-electron chi connectivity index (χ0n) is 41.8. The zero-order valence-corrected chi connectivity index (χ0v) is 41.8. The third kappa shape index (κ3) is 12.9. The van der Waals surface area contributed by atoms with Crippen LogP contribution in [0.3, 0.4) is 0 Å². The number of aliphatic hydroxyl groups excluding tert-OH is 2. The highest BCUT2D eigenvalue weighted by atomic mass is 16.7. The van der Waals surface area contributed by atoms with Crippen LogP contribution in [0.1, 0.15) is 114 Å². The first-order chi connectivity index (χ1) is 30.3. The summed E-state index contributed by atoms with van der Waals surface area (Å²) >= 11 is 0. The minimum atomic E-state index is -1.92. The lowest BCUT2D eigenvalue weighted by atomic mass is 9.66. The van der Waals surface area contributed by atoms with Gasteiger partial charge in [-0.2, -0.15) is 0 Å². The first-order valence-corrected chi connectivity index (χ1v) is 23.6. The zero-order chi connectivity index (χ0) is 48.8. The molecule has 3 aliphatic heterocycles. The highest BCUT2D eigenvalue weighted by molar-refractivity contribution is 5.73. The number of carbonyl (C=O) groups excluding carboxylic acids is 2. The molecule has 1 aromatic rings. The predicted octanol–water partition coefficient (Wildman–Crippen LogP) is 4.35. The molecule has 65 heavy (non-hydrogen) atoms. The third-order valence-corrected chi connectivity index (χ3v) is 14.9. The van der Waals surface area contributed by atoms with Gasteiger partial charge in [0.15, 0.2) is 18.7 Å². The van der Waals surface area contributed by atoms with Crippen LogP contribution in [0, 0.1) is 23.7 Å². The SMILES string of the molecule is CC[C@H]1OC(=O)[C@H](C)[C@@H](OC2C[C@@](C)(OC)[C@@H](OC(C)=O)[C@H](C)O2)[C@@H](C)[C@@H](O[C@@H]2O[C@H](C)C[C@H](N(C)C)[C@H]2O)[C@](C)(OC)C[C@@H](C)C(O)C(C)(O)[C@H](CCNCc2ccccc2)[C@]1(C)O. The number of hydrogen-bond acceptors (Lipinski definition) is 16. The second-order valence-corrected chi connectivity index (χ2v) is 20.3. The van der Waals surface area contributed by atoms with Crippen molar-refractivity contribution in [3.05, 3.63) is 35.9 Å². The van der Waals surface area contributed by atoms with Crippen molar-refractivity contribution in [3.63, 3.8) is 0 Å². The number of aliphatic hydroxyl groups is 4. The average molecular weight is 925 g/mol. The Morgan fingerprint density at radius 3 is 2.08 bits per heavy atom. The maximum absolute atomic E-state index is 14.8. The lowest BCUT2D eigenvalue weighted by Crippen LogP contribution is -2.64. The maximum Gasteiger partial charge on any atom is 0.311 e. The number of esters is 2. The van der Waals surface area contributed by atoms with Crippen molar-refractivity contribution < 1.29 is 67.9 Å². The van der Waals surface area contributed by atoms with E-state index in [0.717, 1.165) is 5.56 Å². The lowest BCUT2D eigenvalue weighted by Gasteiger charge is -2.52. The van der Waals surface area contributed by atoms with Gasteiger partial charge in [0, 0.05) is 52.0 Å².